The summed E-state index contributed by atoms with van der Waals surface area (Å²) < 4.78 is 0. The number of phenolic OH excluding ortho intramolecular Hbond substituents is 1. The molecule has 0 spiro atoms. The standard InChI is InChI=1S/C15H21ClN2O3/c1-11(20)14-9-13(16)8-12(15(14)21)10-18-4-2-17(3-5-18)6-7-19/h8-9,19,21H,2-7,10H2,1H3. The van der Waals surface area contributed by atoms with Crippen molar-refractivity contribution in [3.63, 3.8) is 0 Å². The maximum atomic E-state index is 11.5. The number of nitrogens with zero attached hydrogens (tertiary/aromatic N) is 2. The van der Waals surface area contributed by atoms with Crippen molar-refractivity contribution >= 4 is 17.4 Å². The van der Waals surface area contributed by atoms with E-state index < -0.39 is 0 Å². The molecular weight excluding hydrogens is 292 g/mol. The molecule has 1 aliphatic heterocycles. The summed E-state index contributed by atoms with van der Waals surface area (Å²) in [7, 11) is 0. The molecule has 0 radical (unpaired) electrons. The molecule has 116 valence electrons. The van der Waals surface area contributed by atoms with Gasteiger partial charge in [0.15, 0.2) is 5.78 Å². The third kappa shape index (κ3) is 4.17. The predicted octanol–water partition coefficient (Wildman–Crippen LogP) is 1.36. The smallest absolute Gasteiger partial charge is 0.163 e. The number of rotatable bonds is 5. The van der Waals surface area contributed by atoms with Gasteiger partial charge in [0, 0.05) is 49.9 Å². The van der Waals surface area contributed by atoms with Crippen molar-refractivity contribution in [3.8, 4) is 5.75 Å². The number of phenols is 1. The number of aliphatic hydroxyl groups excluding tert-OH is 1. The molecule has 2 rings (SSSR count). The molecule has 1 heterocycles. The number of benzene rings is 1. The zero-order valence-electron chi connectivity index (χ0n) is 12.2. The number of hydrogen-bond acceptors (Lipinski definition) is 5. The number of Topliss-reactive ketones (excluding diaryl/α,β-unsaturated/α-hetero) is 1. The van der Waals surface area contributed by atoms with Crippen molar-refractivity contribution in [2.45, 2.75) is 13.5 Å². The van der Waals surface area contributed by atoms with Crippen LogP contribution in [0, 0.1) is 0 Å². The van der Waals surface area contributed by atoms with E-state index in [4.69, 9.17) is 16.7 Å². The van der Waals surface area contributed by atoms with Gasteiger partial charge in [-0.3, -0.25) is 14.6 Å². The lowest BCUT2D eigenvalue weighted by molar-refractivity contribution is 0.101. The number of aromatic hydroxyl groups is 1. The summed E-state index contributed by atoms with van der Waals surface area (Å²) in [4.78, 5) is 15.9. The molecule has 0 atom stereocenters. The average molecular weight is 313 g/mol. The second-order valence-electron chi connectivity index (χ2n) is 5.36. The minimum absolute atomic E-state index is 0.0321. The lowest BCUT2D eigenvalue weighted by Crippen LogP contribution is -2.46. The normalized spacial score (nSPS) is 17.1. The number of β-amino-alcohol motifs (C(OH)–C–C–N with tert-alkyl or cyclic N) is 1. The van der Waals surface area contributed by atoms with E-state index >= 15 is 0 Å². The lowest BCUT2D eigenvalue weighted by atomic mass is 10.1. The van der Waals surface area contributed by atoms with Gasteiger partial charge in [-0.15, -0.1) is 0 Å². The fourth-order valence-corrected chi connectivity index (χ4v) is 2.84. The zero-order valence-corrected chi connectivity index (χ0v) is 12.9. The van der Waals surface area contributed by atoms with E-state index in [2.05, 4.69) is 9.80 Å². The Balaban J connectivity index is 2.05. The molecule has 0 bridgehead atoms. The minimum atomic E-state index is -0.191. The summed E-state index contributed by atoms with van der Waals surface area (Å²) in [5, 5.41) is 19.6. The van der Waals surface area contributed by atoms with E-state index in [1.165, 1.54) is 13.0 Å². The van der Waals surface area contributed by atoms with Crippen LogP contribution in [0.3, 0.4) is 0 Å². The van der Waals surface area contributed by atoms with Crippen molar-refractivity contribution in [1.82, 2.24) is 9.80 Å². The van der Waals surface area contributed by atoms with Crippen molar-refractivity contribution in [3.05, 3.63) is 28.3 Å². The summed E-state index contributed by atoms with van der Waals surface area (Å²) in [6.45, 7) is 6.37. The molecule has 0 aliphatic carbocycles. The molecule has 6 heteroatoms. The summed E-state index contributed by atoms with van der Waals surface area (Å²) in [6.07, 6.45) is 0. The Morgan fingerprint density at radius 1 is 1.24 bits per heavy atom. The van der Waals surface area contributed by atoms with Gasteiger partial charge < -0.3 is 10.2 Å². The van der Waals surface area contributed by atoms with E-state index in [9.17, 15) is 9.90 Å². The van der Waals surface area contributed by atoms with Crippen molar-refractivity contribution in [1.29, 1.82) is 0 Å². The van der Waals surface area contributed by atoms with Gasteiger partial charge in [0.2, 0.25) is 0 Å². The molecular formula is C15H21ClN2O3. The van der Waals surface area contributed by atoms with Crippen LogP contribution in [-0.4, -0.2) is 65.1 Å². The van der Waals surface area contributed by atoms with Gasteiger partial charge in [0.1, 0.15) is 5.75 Å². The Kier molecular flexibility index (Phi) is 5.58. The molecule has 21 heavy (non-hydrogen) atoms. The Hall–Kier alpha value is -1.14. The zero-order chi connectivity index (χ0) is 15.4. The monoisotopic (exact) mass is 312 g/mol. The number of carbonyl (C=O) groups excluding carboxylic acids is 1. The van der Waals surface area contributed by atoms with Gasteiger partial charge in [0.25, 0.3) is 0 Å². The van der Waals surface area contributed by atoms with Crippen LogP contribution in [-0.2, 0) is 6.54 Å². The van der Waals surface area contributed by atoms with Crippen LogP contribution in [0.2, 0.25) is 5.02 Å². The van der Waals surface area contributed by atoms with Crippen LogP contribution in [0.5, 0.6) is 5.75 Å². The summed E-state index contributed by atoms with van der Waals surface area (Å²) in [5.41, 5.74) is 0.958. The molecule has 0 saturated carbocycles. The maximum Gasteiger partial charge on any atom is 0.163 e. The Labute approximate surface area is 129 Å². The van der Waals surface area contributed by atoms with Crippen LogP contribution in [0.15, 0.2) is 12.1 Å². The molecule has 2 N–H and O–H groups in total. The first-order valence-electron chi connectivity index (χ1n) is 7.09. The highest BCUT2D eigenvalue weighted by molar-refractivity contribution is 6.31. The maximum absolute atomic E-state index is 11.5. The van der Waals surface area contributed by atoms with Crippen LogP contribution in [0.1, 0.15) is 22.8 Å². The highest BCUT2D eigenvalue weighted by atomic mass is 35.5. The second kappa shape index (κ2) is 7.22. The summed E-state index contributed by atoms with van der Waals surface area (Å²) in [5.74, 6) is -0.159. The second-order valence-corrected chi connectivity index (χ2v) is 5.80. The van der Waals surface area contributed by atoms with E-state index in [-0.39, 0.29) is 23.7 Å². The first-order valence-corrected chi connectivity index (χ1v) is 7.47. The minimum Gasteiger partial charge on any atom is -0.507 e. The molecule has 0 unspecified atom stereocenters. The van der Waals surface area contributed by atoms with Crippen LogP contribution in [0.25, 0.3) is 0 Å². The first-order chi connectivity index (χ1) is 10.0. The fraction of sp³-hybridized carbons (Fsp3) is 0.533. The quantitative estimate of drug-likeness (QED) is 0.804. The van der Waals surface area contributed by atoms with Gasteiger partial charge in [-0.2, -0.15) is 0 Å². The molecule has 5 nitrogen and oxygen atoms in total. The van der Waals surface area contributed by atoms with E-state index in [1.54, 1.807) is 6.07 Å². The molecule has 1 saturated heterocycles. The average Bonchev–Trinajstić information content (AvgIpc) is 2.44. The molecule has 1 aliphatic rings. The van der Waals surface area contributed by atoms with Crippen LogP contribution >= 0.6 is 11.6 Å². The first kappa shape index (κ1) is 16.2. The highest BCUT2D eigenvalue weighted by Crippen LogP contribution is 2.29. The Morgan fingerprint density at radius 3 is 2.43 bits per heavy atom. The lowest BCUT2D eigenvalue weighted by Gasteiger charge is -2.34. The van der Waals surface area contributed by atoms with Crippen molar-refractivity contribution < 1.29 is 15.0 Å². The SMILES string of the molecule is CC(=O)c1cc(Cl)cc(CN2CCN(CCO)CC2)c1O. The molecule has 1 fully saturated rings. The highest BCUT2D eigenvalue weighted by Gasteiger charge is 2.19. The fourth-order valence-electron chi connectivity index (χ4n) is 2.60. The van der Waals surface area contributed by atoms with Crippen molar-refractivity contribution in [2.75, 3.05) is 39.3 Å². The number of hydrogen-bond donors (Lipinski definition) is 2. The predicted molar refractivity (Wildman–Crippen MR) is 81.9 cm³/mol. The third-order valence-corrected chi connectivity index (χ3v) is 4.03. The summed E-state index contributed by atoms with van der Waals surface area (Å²) in [6, 6.07) is 3.21. The van der Waals surface area contributed by atoms with Crippen molar-refractivity contribution in [2.24, 2.45) is 0 Å². The molecule has 0 aromatic heterocycles. The molecule has 1 aromatic rings. The number of carbonyl (C=O) groups is 1. The summed E-state index contributed by atoms with van der Waals surface area (Å²) >= 11 is 6.03. The third-order valence-electron chi connectivity index (χ3n) is 3.81. The van der Waals surface area contributed by atoms with E-state index in [0.717, 1.165) is 26.2 Å². The number of piperazine rings is 1. The van der Waals surface area contributed by atoms with E-state index in [0.29, 0.717) is 23.7 Å². The van der Waals surface area contributed by atoms with Gasteiger partial charge in [-0.25, -0.2) is 0 Å². The largest absolute Gasteiger partial charge is 0.507 e. The Bertz CT molecular complexity index is 514. The number of aliphatic hydroxyl groups is 1. The van der Waals surface area contributed by atoms with Crippen LogP contribution < -0.4 is 0 Å². The number of halogens is 1. The van der Waals surface area contributed by atoms with E-state index in [1.807, 2.05) is 0 Å². The molecule has 0 amide bonds. The topological polar surface area (TPSA) is 64.0 Å². The Morgan fingerprint density at radius 2 is 1.86 bits per heavy atom. The van der Waals surface area contributed by atoms with Gasteiger partial charge in [0.05, 0.1) is 12.2 Å². The van der Waals surface area contributed by atoms with Gasteiger partial charge >= 0.3 is 0 Å². The van der Waals surface area contributed by atoms with Gasteiger partial charge in [-0.1, -0.05) is 11.6 Å². The van der Waals surface area contributed by atoms with Crippen LogP contribution in [0.4, 0.5) is 0 Å². The molecule has 1 aromatic carbocycles. The number of ketones is 1. The van der Waals surface area contributed by atoms with Gasteiger partial charge in [-0.05, 0) is 19.1 Å².